The Hall–Kier alpha value is -1.18. The third-order valence-corrected chi connectivity index (χ3v) is 2.97. The molecule has 0 saturated carbocycles. The number of nitro benzene ring substituents is 1. The number of benzene rings is 1. The highest BCUT2D eigenvalue weighted by atomic mass is 32.2. The molecule has 1 aromatic rings. The molecule has 0 aliphatic heterocycles. The average molecular weight is 247 g/mol. The monoisotopic (exact) mass is 247 g/mol. The molecule has 0 aromatic heterocycles. The van der Waals surface area contributed by atoms with Crippen LogP contribution < -0.4 is 0 Å². The molecule has 0 heterocycles. The summed E-state index contributed by atoms with van der Waals surface area (Å²) in [5.74, 6) is -0.568. The van der Waals surface area contributed by atoms with Gasteiger partial charge in [0.2, 0.25) is 0 Å². The Morgan fingerprint density at radius 3 is 2.81 bits per heavy atom. The lowest BCUT2D eigenvalue weighted by Crippen LogP contribution is -2.14. The maximum absolute atomic E-state index is 12.8. The van der Waals surface area contributed by atoms with Crippen LogP contribution in [0.4, 0.5) is 10.1 Å². The maximum atomic E-state index is 12.8. The van der Waals surface area contributed by atoms with E-state index in [9.17, 15) is 14.5 Å². The smallest absolute Gasteiger partial charge is 0.285 e. The zero-order valence-electron chi connectivity index (χ0n) is 8.17. The van der Waals surface area contributed by atoms with Crippen LogP contribution >= 0.6 is 11.8 Å². The van der Waals surface area contributed by atoms with Gasteiger partial charge in [0.05, 0.1) is 28.6 Å². The van der Waals surface area contributed by atoms with Gasteiger partial charge in [0.25, 0.3) is 5.69 Å². The summed E-state index contributed by atoms with van der Waals surface area (Å²) in [4.78, 5) is 10.2. The fourth-order valence-electron chi connectivity index (χ4n) is 0.994. The summed E-state index contributed by atoms with van der Waals surface area (Å²) in [6.07, 6.45) is -0.949. The lowest BCUT2D eigenvalue weighted by atomic mass is 10.3. The van der Waals surface area contributed by atoms with E-state index in [0.29, 0.717) is 0 Å². The summed E-state index contributed by atoms with van der Waals surface area (Å²) in [6.45, 7) is -0.415. The molecule has 1 atom stereocenters. The van der Waals surface area contributed by atoms with E-state index in [-0.39, 0.29) is 16.3 Å². The van der Waals surface area contributed by atoms with E-state index in [1.807, 2.05) is 0 Å². The van der Waals surface area contributed by atoms with Gasteiger partial charge in [-0.15, -0.1) is 11.8 Å². The van der Waals surface area contributed by atoms with Crippen molar-refractivity contribution in [3.63, 3.8) is 0 Å². The van der Waals surface area contributed by atoms with Gasteiger partial charge in [-0.25, -0.2) is 4.39 Å². The van der Waals surface area contributed by atoms with Gasteiger partial charge >= 0.3 is 0 Å². The fraction of sp³-hybridized carbons (Fsp3) is 0.333. The zero-order chi connectivity index (χ0) is 12.1. The standard InChI is InChI=1S/C9H10FNO4S/c10-6-1-2-9(8(3-6)11(14)15)16-5-7(13)4-12/h1-3,7,12-13H,4-5H2/t7-/m0/s1. The number of hydrogen-bond donors (Lipinski definition) is 2. The molecule has 88 valence electrons. The molecular weight excluding hydrogens is 237 g/mol. The van der Waals surface area contributed by atoms with Crippen LogP contribution in [0.5, 0.6) is 0 Å². The number of hydrogen-bond acceptors (Lipinski definition) is 5. The molecule has 2 N–H and O–H groups in total. The van der Waals surface area contributed by atoms with Gasteiger partial charge < -0.3 is 10.2 Å². The third kappa shape index (κ3) is 3.44. The number of rotatable bonds is 5. The van der Waals surface area contributed by atoms with Crippen molar-refractivity contribution in [3.05, 3.63) is 34.1 Å². The van der Waals surface area contributed by atoms with Crippen molar-refractivity contribution in [1.29, 1.82) is 0 Å². The summed E-state index contributed by atoms with van der Waals surface area (Å²) in [6, 6.07) is 3.22. The molecule has 0 saturated heterocycles. The summed E-state index contributed by atoms with van der Waals surface area (Å²) >= 11 is 0.998. The number of halogens is 1. The second kappa shape index (κ2) is 5.78. The van der Waals surface area contributed by atoms with Crippen LogP contribution in [0.2, 0.25) is 0 Å². The highest BCUT2D eigenvalue weighted by Crippen LogP contribution is 2.29. The lowest BCUT2D eigenvalue weighted by Gasteiger charge is -2.06. The fourth-order valence-corrected chi connectivity index (χ4v) is 1.92. The number of nitrogens with zero attached hydrogens (tertiary/aromatic N) is 1. The van der Waals surface area contributed by atoms with Crippen molar-refractivity contribution < 1.29 is 19.5 Å². The van der Waals surface area contributed by atoms with Crippen molar-refractivity contribution in [2.24, 2.45) is 0 Å². The van der Waals surface area contributed by atoms with Gasteiger partial charge in [0.15, 0.2) is 0 Å². The molecule has 0 aliphatic carbocycles. The van der Waals surface area contributed by atoms with Gasteiger partial charge in [0.1, 0.15) is 5.82 Å². The van der Waals surface area contributed by atoms with Gasteiger partial charge in [-0.3, -0.25) is 10.1 Å². The van der Waals surface area contributed by atoms with Gasteiger partial charge in [-0.1, -0.05) is 0 Å². The Balaban J connectivity index is 2.82. The first-order chi connectivity index (χ1) is 7.54. The molecule has 0 fully saturated rings. The van der Waals surface area contributed by atoms with Crippen LogP contribution in [0.1, 0.15) is 0 Å². The van der Waals surface area contributed by atoms with E-state index in [1.165, 1.54) is 6.07 Å². The summed E-state index contributed by atoms with van der Waals surface area (Å²) in [7, 11) is 0. The van der Waals surface area contributed by atoms with Crippen molar-refractivity contribution in [2.75, 3.05) is 12.4 Å². The summed E-state index contributed by atoms with van der Waals surface area (Å²) < 4.78 is 12.8. The predicted octanol–water partition coefficient (Wildman–Crippen LogP) is 1.18. The molecule has 0 bridgehead atoms. The summed E-state index contributed by atoms with van der Waals surface area (Å²) in [5, 5.41) is 28.3. The first-order valence-corrected chi connectivity index (χ1v) is 5.39. The molecule has 1 rings (SSSR count). The van der Waals surface area contributed by atoms with Crippen molar-refractivity contribution in [2.45, 2.75) is 11.0 Å². The SMILES string of the molecule is O=[N+]([O-])c1cc(F)ccc1SC[C@@H](O)CO. The number of thioether (sulfide) groups is 1. The van der Waals surface area contributed by atoms with Gasteiger partial charge in [-0.05, 0) is 12.1 Å². The second-order valence-corrected chi connectivity index (χ2v) is 4.08. The molecule has 0 amide bonds. The first-order valence-electron chi connectivity index (χ1n) is 4.40. The maximum Gasteiger partial charge on any atom is 0.285 e. The molecule has 0 spiro atoms. The van der Waals surface area contributed by atoms with E-state index in [4.69, 9.17) is 10.2 Å². The molecule has 16 heavy (non-hydrogen) atoms. The van der Waals surface area contributed by atoms with Crippen LogP contribution in [0, 0.1) is 15.9 Å². The molecular formula is C9H10FNO4S. The van der Waals surface area contributed by atoms with Gasteiger partial charge in [0, 0.05) is 5.75 Å². The minimum Gasteiger partial charge on any atom is -0.394 e. The molecule has 7 heteroatoms. The second-order valence-electron chi connectivity index (χ2n) is 3.02. The minimum atomic E-state index is -0.949. The predicted molar refractivity (Wildman–Crippen MR) is 56.9 cm³/mol. The van der Waals surface area contributed by atoms with E-state index >= 15 is 0 Å². The van der Waals surface area contributed by atoms with Crippen molar-refractivity contribution in [3.8, 4) is 0 Å². The van der Waals surface area contributed by atoms with Crippen LogP contribution in [-0.4, -0.2) is 33.6 Å². The largest absolute Gasteiger partial charge is 0.394 e. The molecule has 0 unspecified atom stereocenters. The Bertz CT molecular complexity index is 388. The van der Waals surface area contributed by atoms with Crippen LogP contribution in [0.15, 0.2) is 23.1 Å². The Labute approximate surface area is 95.1 Å². The van der Waals surface area contributed by atoms with E-state index in [2.05, 4.69) is 0 Å². The van der Waals surface area contributed by atoms with E-state index in [0.717, 1.165) is 23.9 Å². The first kappa shape index (κ1) is 12.9. The number of nitro groups is 1. The van der Waals surface area contributed by atoms with Crippen LogP contribution in [0.25, 0.3) is 0 Å². The molecule has 5 nitrogen and oxygen atoms in total. The molecule has 0 radical (unpaired) electrons. The lowest BCUT2D eigenvalue weighted by molar-refractivity contribution is -0.387. The number of aliphatic hydroxyl groups excluding tert-OH is 2. The van der Waals surface area contributed by atoms with Gasteiger partial charge in [-0.2, -0.15) is 0 Å². The van der Waals surface area contributed by atoms with E-state index in [1.54, 1.807) is 0 Å². The highest BCUT2D eigenvalue weighted by Gasteiger charge is 2.16. The zero-order valence-corrected chi connectivity index (χ0v) is 8.98. The van der Waals surface area contributed by atoms with E-state index < -0.39 is 23.5 Å². The molecule has 1 aromatic carbocycles. The van der Waals surface area contributed by atoms with Crippen molar-refractivity contribution >= 4 is 17.4 Å². The quantitative estimate of drug-likeness (QED) is 0.463. The summed E-state index contributed by atoms with van der Waals surface area (Å²) in [5.41, 5.74) is -0.338. The number of aliphatic hydroxyl groups is 2. The Kier molecular flexibility index (Phi) is 4.66. The Morgan fingerprint density at radius 1 is 1.56 bits per heavy atom. The highest BCUT2D eigenvalue weighted by molar-refractivity contribution is 7.99. The van der Waals surface area contributed by atoms with Crippen LogP contribution in [0.3, 0.4) is 0 Å². The Morgan fingerprint density at radius 2 is 2.25 bits per heavy atom. The average Bonchev–Trinajstić information content (AvgIpc) is 2.26. The minimum absolute atomic E-state index is 0.114. The normalized spacial score (nSPS) is 12.4. The third-order valence-electron chi connectivity index (χ3n) is 1.76. The molecule has 0 aliphatic rings. The van der Waals surface area contributed by atoms with Crippen molar-refractivity contribution in [1.82, 2.24) is 0 Å². The topological polar surface area (TPSA) is 83.6 Å². The van der Waals surface area contributed by atoms with Crippen LogP contribution in [-0.2, 0) is 0 Å².